The molecule has 1 amide bonds. The Morgan fingerprint density at radius 1 is 1.24 bits per heavy atom. The molecule has 1 atom stereocenters. The van der Waals surface area contributed by atoms with Crippen LogP contribution in [0.25, 0.3) is 0 Å². The number of benzene rings is 1. The summed E-state index contributed by atoms with van der Waals surface area (Å²) in [5.41, 5.74) is 6.09. The molecule has 0 saturated heterocycles. The Morgan fingerprint density at radius 3 is 2.52 bits per heavy atom. The molecule has 1 aliphatic rings. The maximum Gasteiger partial charge on any atom is 0.251 e. The third-order valence-electron chi connectivity index (χ3n) is 4.28. The quantitative estimate of drug-likeness (QED) is 0.798. The van der Waals surface area contributed by atoms with E-state index in [9.17, 15) is 4.79 Å². The van der Waals surface area contributed by atoms with Gasteiger partial charge >= 0.3 is 0 Å². The van der Waals surface area contributed by atoms with Crippen LogP contribution in [0.5, 0.6) is 11.5 Å². The van der Waals surface area contributed by atoms with Gasteiger partial charge in [-0.05, 0) is 56.0 Å². The minimum absolute atomic E-state index is 0. The van der Waals surface area contributed by atoms with Gasteiger partial charge < -0.3 is 15.8 Å². The first-order valence-corrected chi connectivity index (χ1v) is 7.81. The van der Waals surface area contributed by atoms with Crippen LogP contribution in [-0.4, -0.2) is 23.0 Å². The van der Waals surface area contributed by atoms with Crippen LogP contribution in [0.3, 0.4) is 0 Å². The second kappa shape index (κ2) is 9.04. The van der Waals surface area contributed by atoms with E-state index in [2.05, 4.69) is 10.3 Å². The molecule has 7 heteroatoms. The summed E-state index contributed by atoms with van der Waals surface area (Å²) < 4.78 is 5.74. The number of ether oxygens (including phenoxy) is 1. The molecule has 1 heterocycles. The third-order valence-corrected chi connectivity index (χ3v) is 4.28. The average Bonchev–Trinajstić information content (AvgIpc) is 3.41. The lowest BCUT2D eigenvalue weighted by molar-refractivity contribution is 0.0897. The zero-order valence-corrected chi connectivity index (χ0v) is 15.6. The van der Waals surface area contributed by atoms with Gasteiger partial charge in [-0.3, -0.25) is 9.78 Å². The number of carbonyl (C=O) groups is 1. The second-order valence-electron chi connectivity index (χ2n) is 6.16. The molecule has 2 aromatic rings. The van der Waals surface area contributed by atoms with Crippen LogP contribution >= 0.6 is 24.8 Å². The molecule has 3 N–H and O–H groups in total. The van der Waals surface area contributed by atoms with Crippen molar-refractivity contribution in [2.45, 2.75) is 25.3 Å². The maximum atomic E-state index is 12.5. The van der Waals surface area contributed by atoms with E-state index >= 15 is 0 Å². The van der Waals surface area contributed by atoms with Crippen LogP contribution < -0.4 is 15.8 Å². The molecule has 3 rings (SSSR count). The van der Waals surface area contributed by atoms with Gasteiger partial charge in [-0.2, -0.15) is 0 Å². The first kappa shape index (κ1) is 21.2. The van der Waals surface area contributed by atoms with Crippen molar-refractivity contribution in [1.82, 2.24) is 10.3 Å². The Balaban J connectivity index is 0.00000156. The predicted octanol–water partition coefficient (Wildman–Crippen LogP) is 3.57. The number of nitrogens with zero attached hydrogens (tertiary/aromatic N) is 1. The minimum atomic E-state index is -0.334. The number of pyridine rings is 1. The minimum Gasteiger partial charge on any atom is -0.457 e. The van der Waals surface area contributed by atoms with Gasteiger partial charge in [0.1, 0.15) is 11.5 Å². The van der Waals surface area contributed by atoms with Crippen LogP contribution in [0.15, 0.2) is 48.8 Å². The summed E-state index contributed by atoms with van der Waals surface area (Å²) in [6.45, 7) is 2.45. The Morgan fingerprint density at radius 2 is 1.92 bits per heavy atom. The largest absolute Gasteiger partial charge is 0.457 e. The molecular weight excluding hydrogens is 361 g/mol. The number of aromatic nitrogens is 1. The van der Waals surface area contributed by atoms with E-state index in [0.29, 0.717) is 29.5 Å². The molecule has 1 fully saturated rings. The first-order chi connectivity index (χ1) is 11.1. The van der Waals surface area contributed by atoms with Crippen molar-refractivity contribution in [2.75, 3.05) is 6.54 Å². The molecule has 1 aromatic heterocycles. The molecule has 1 aromatic carbocycles. The number of rotatable bonds is 6. The molecule has 1 aliphatic carbocycles. The van der Waals surface area contributed by atoms with E-state index in [0.717, 1.165) is 12.8 Å². The normalized spacial score (nSPS) is 15.1. The molecule has 0 bridgehead atoms. The van der Waals surface area contributed by atoms with E-state index in [-0.39, 0.29) is 36.3 Å². The summed E-state index contributed by atoms with van der Waals surface area (Å²) in [6, 6.07) is 10.7. The molecule has 1 saturated carbocycles. The van der Waals surface area contributed by atoms with Crippen molar-refractivity contribution >= 4 is 30.7 Å². The lowest BCUT2D eigenvalue weighted by atomic mass is 9.95. The van der Waals surface area contributed by atoms with Gasteiger partial charge in [-0.15, -0.1) is 24.8 Å². The van der Waals surface area contributed by atoms with E-state index < -0.39 is 0 Å². The lowest BCUT2D eigenvalue weighted by Crippen LogP contribution is -2.53. The van der Waals surface area contributed by atoms with Gasteiger partial charge in [0.25, 0.3) is 5.91 Å². The SMILES string of the molecule is CC(CN)(NC(=O)c1cccc(Oc2ccncc2)c1)C1CC1.Cl.Cl. The lowest BCUT2D eigenvalue weighted by Gasteiger charge is -2.29. The number of hydrogen-bond donors (Lipinski definition) is 2. The van der Waals surface area contributed by atoms with Crippen LogP contribution in [0.2, 0.25) is 0 Å². The van der Waals surface area contributed by atoms with Crippen molar-refractivity contribution in [3.63, 3.8) is 0 Å². The zero-order chi connectivity index (χ0) is 16.3. The van der Waals surface area contributed by atoms with Gasteiger partial charge in [0.2, 0.25) is 0 Å². The highest BCUT2D eigenvalue weighted by atomic mass is 35.5. The summed E-state index contributed by atoms with van der Waals surface area (Å²) in [7, 11) is 0. The van der Waals surface area contributed by atoms with Crippen LogP contribution in [0, 0.1) is 5.92 Å². The number of carbonyl (C=O) groups excluding carboxylic acids is 1. The Bertz CT molecular complexity index is 696. The van der Waals surface area contributed by atoms with Gasteiger partial charge in [0.15, 0.2) is 0 Å². The topological polar surface area (TPSA) is 77.2 Å². The molecule has 1 unspecified atom stereocenters. The Hall–Kier alpha value is -1.82. The summed E-state index contributed by atoms with van der Waals surface area (Å²) in [4.78, 5) is 16.5. The van der Waals surface area contributed by atoms with Crippen LogP contribution in [0.1, 0.15) is 30.1 Å². The summed E-state index contributed by atoms with van der Waals surface area (Å²) in [5.74, 6) is 1.66. The van der Waals surface area contributed by atoms with Crippen molar-refractivity contribution in [3.8, 4) is 11.5 Å². The summed E-state index contributed by atoms with van der Waals surface area (Å²) in [6.07, 6.45) is 5.57. The molecule has 136 valence electrons. The van der Waals surface area contributed by atoms with Crippen molar-refractivity contribution in [3.05, 3.63) is 54.4 Å². The van der Waals surface area contributed by atoms with E-state index in [4.69, 9.17) is 10.5 Å². The molecule has 0 aliphatic heterocycles. The number of amides is 1. The van der Waals surface area contributed by atoms with E-state index in [1.165, 1.54) is 0 Å². The standard InChI is InChI=1S/C18H21N3O2.2ClH/c1-18(12-19,14-5-6-14)21-17(22)13-3-2-4-16(11-13)23-15-7-9-20-10-8-15;;/h2-4,7-11,14H,5-6,12,19H2,1H3,(H,21,22);2*1H. The van der Waals surface area contributed by atoms with Gasteiger partial charge in [-0.25, -0.2) is 0 Å². The molecule has 0 spiro atoms. The highest BCUT2D eigenvalue weighted by molar-refractivity contribution is 5.95. The number of hydrogen-bond acceptors (Lipinski definition) is 4. The number of nitrogens with one attached hydrogen (secondary N) is 1. The third kappa shape index (κ3) is 5.33. The molecular formula is C18H23Cl2N3O2. The zero-order valence-electron chi connectivity index (χ0n) is 14.0. The maximum absolute atomic E-state index is 12.5. The van der Waals surface area contributed by atoms with Crippen LogP contribution in [0.4, 0.5) is 0 Å². The fourth-order valence-corrected chi connectivity index (χ4v) is 2.61. The fraction of sp³-hybridized carbons (Fsp3) is 0.333. The molecule has 5 nitrogen and oxygen atoms in total. The summed E-state index contributed by atoms with van der Waals surface area (Å²) >= 11 is 0. The monoisotopic (exact) mass is 383 g/mol. The molecule has 25 heavy (non-hydrogen) atoms. The smallest absolute Gasteiger partial charge is 0.251 e. The second-order valence-corrected chi connectivity index (χ2v) is 6.16. The van der Waals surface area contributed by atoms with E-state index in [1.54, 1.807) is 36.7 Å². The highest BCUT2D eigenvalue weighted by Crippen LogP contribution is 2.39. The number of nitrogens with two attached hydrogens (primary N) is 1. The molecule has 0 radical (unpaired) electrons. The Labute approximate surface area is 160 Å². The van der Waals surface area contributed by atoms with Crippen molar-refractivity contribution in [1.29, 1.82) is 0 Å². The van der Waals surface area contributed by atoms with Gasteiger partial charge in [0, 0.05) is 24.5 Å². The predicted molar refractivity (Wildman–Crippen MR) is 103 cm³/mol. The van der Waals surface area contributed by atoms with Gasteiger partial charge in [-0.1, -0.05) is 6.07 Å². The fourth-order valence-electron chi connectivity index (χ4n) is 2.61. The summed E-state index contributed by atoms with van der Waals surface area (Å²) in [5, 5.41) is 3.08. The van der Waals surface area contributed by atoms with E-state index in [1.807, 2.05) is 19.1 Å². The average molecular weight is 384 g/mol. The van der Waals surface area contributed by atoms with Crippen LogP contribution in [-0.2, 0) is 0 Å². The van der Waals surface area contributed by atoms with Crippen molar-refractivity contribution < 1.29 is 9.53 Å². The van der Waals surface area contributed by atoms with Gasteiger partial charge in [0.05, 0.1) is 5.54 Å². The first-order valence-electron chi connectivity index (χ1n) is 7.81. The highest BCUT2D eigenvalue weighted by Gasteiger charge is 2.41. The number of halogens is 2. The van der Waals surface area contributed by atoms with Crippen molar-refractivity contribution in [2.24, 2.45) is 11.7 Å². The Kier molecular flexibility index (Phi) is 7.67.